The number of carbonyl (C=O) groups is 3. The lowest BCUT2D eigenvalue weighted by Gasteiger charge is -2.17. The molecule has 1 saturated heterocycles. The van der Waals surface area contributed by atoms with Gasteiger partial charge < -0.3 is 15.0 Å². The van der Waals surface area contributed by atoms with Crippen LogP contribution in [0.15, 0.2) is 48.5 Å². The van der Waals surface area contributed by atoms with Crippen LogP contribution in [0.4, 0.5) is 11.4 Å². The Hall–Kier alpha value is -3.35. The lowest BCUT2D eigenvalue weighted by Crippen LogP contribution is -2.34. The Balaban J connectivity index is 1.72. The van der Waals surface area contributed by atoms with E-state index in [1.807, 2.05) is 0 Å². The quantitative estimate of drug-likeness (QED) is 0.819. The highest BCUT2D eigenvalue weighted by Gasteiger charge is 2.39. The maximum Gasteiger partial charge on any atom is 0.256 e. The monoisotopic (exact) mass is 367 g/mol. The Labute approximate surface area is 157 Å². The third-order valence-corrected chi connectivity index (χ3v) is 4.36. The van der Waals surface area contributed by atoms with Gasteiger partial charge in [0, 0.05) is 25.3 Å². The maximum atomic E-state index is 12.7. The van der Waals surface area contributed by atoms with Crippen LogP contribution in [-0.4, -0.2) is 49.9 Å². The molecule has 7 heteroatoms. The van der Waals surface area contributed by atoms with Crippen LogP contribution in [0.5, 0.6) is 5.75 Å². The molecule has 3 rings (SSSR count). The molecule has 27 heavy (non-hydrogen) atoms. The van der Waals surface area contributed by atoms with Crippen LogP contribution in [0.1, 0.15) is 16.8 Å². The van der Waals surface area contributed by atoms with Gasteiger partial charge in [0.25, 0.3) is 11.8 Å². The maximum absolute atomic E-state index is 12.7. The highest BCUT2D eigenvalue weighted by molar-refractivity contribution is 6.23. The zero-order valence-electron chi connectivity index (χ0n) is 15.4. The molecule has 1 fully saturated rings. The van der Waals surface area contributed by atoms with Gasteiger partial charge >= 0.3 is 0 Å². The first kappa shape index (κ1) is 18.4. The Bertz CT molecular complexity index is 860. The summed E-state index contributed by atoms with van der Waals surface area (Å²) in [7, 11) is 4.93. The van der Waals surface area contributed by atoms with Gasteiger partial charge in [-0.05, 0) is 48.5 Å². The van der Waals surface area contributed by atoms with Gasteiger partial charge in [0.05, 0.1) is 19.2 Å². The first-order valence-electron chi connectivity index (χ1n) is 8.50. The summed E-state index contributed by atoms with van der Waals surface area (Å²) in [6.45, 7) is 0. The second kappa shape index (κ2) is 7.49. The molecule has 1 aliphatic rings. The third-order valence-electron chi connectivity index (χ3n) is 4.36. The number of benzene rings is 2. The summed E-state index contributed by atoms with van der Waals surface area (Å²) in [5.41, 5.74) is 1.74. The van der Waals surface area contributed by atoms with Crippen molar-refractivity contribution in [2.75, 3.05) is 31.4 Å². The number of methoxy groups -OCH3 is 1. The first-order chi connectivity index (χ1) is 12.9. The van der Waals surface area contributed by atoms with Crippen molar-refractivity contribution in [2.45, 2.75) is 12.5 Å². The number of nitrogens with zero attached hydrogens (tertiary/aromatic N) is 2. The van der Waals surface area contributed by atoms with Crippen molar-refractivity contribution in [1.29, 1.82) is 0 Å². The summed E-state index contributed by atoms with van der Waals surface area (Å²) < 4.78 is 5.10. The summed E-state index contributed by atoms with van der Waals surface area (Å²) in [6, 6.07) is 13.0. The van der Waals surface area contributed by atoms with Gasteiger partial charge in [-0.1, -0.05) is 0 Å². The number of hydrogen-bond acceptors (Lipinski definition) is 5. The lowest BCUT2D eigenvalue weighted by atomic mass is 10.1. The summed E-state index contributed by atoms with van der Waals surface area (Å²) in [5.74, 6) is -0.0140. The Morgan fingerprint density at radius 1 is 1.07 bits per heavy atom. The minimum atomic E-state index is -0.644. The molecule has 1 heterocycles. The molecule has 0 unspecified atom stereocenters. The van der Waals surface area contributed by atoms with Crippen molar-refractivity contribution >= 4 is 29.1 Å². The molecule has 2 aromatic rings. The Kier molecular flexibility index (Phi) is 5.12. The van der Waals surface area contributed by atoms with Gasteiger partial charge in [-0.15, -0.1) is 0 Å². The number of imide groups is 1. The van der Waals surface area contributed by atoms with Crippen molar-refractivity contribution in [3.63, 3.8) is 0 Å². The fourth-order valence-corrected chi connectivity index (χ4v) is 2.92. The molecular formula is C20H21N3O4. The van der Waals surface area contributed by atoms with Crippen LogP contribution < -0.4 is 15.0 Å². The molecule has 0 aromatic heterocycles. The number of nitrogens with one attached hydrogen (secondary N) is 1. The van der Waals surface area contributed by atoms with Gasteiger partial charge in [0.1, 0.15) is 11.8 Å². The first-order valence-corrected chi connectivity index (χ1v) is 8.50. The second-order valence-electron chi connectivity index (χ2n) is 6.44. The fourth-order valence-electron chi connectivity index (χ4n) is 2.92. The van der Waals surface area contributed by atoms with Crippen LogP contribution in [0.2, 0.25) is 0 Å². The topological polar surface area (TPSA) is 79.0 Å². The van der Waals surface area contributed by atoms with Gasteiger partial charge in [-0.2, -0.15) is 0 Å². The predicted octanol–water partition coefficient (Wildman–Crippen LogP) is 2.14. The number of carbonyl (C=O) groups excluding carboxylic acids is 3. The Morgan fingerprint density at radius 2 is 1.70 bits per heavy atom. The fraction of sp³-hybridized carbons (Fsp3) is 0.250. The largest absolute Gasteiger partial charge is 0.497 e. The van der Waals surface area contributed by atoms with Gasteiger partial charge in [0.15, 0.2) is 0 Å². The molecule has 1 atom stereocenters. The standard InChI is InChI=1S/C20H21N3O4/c1-22(2)19(25)13-4-6-14(7-5-13)21-17-12-18(24)23(20(17)26)15-8-10-16(27-3)11-9-15/h4-11,17,21H,12H2,1-3H3/t17-/m1/s1. The van der Waals surface area contributed by atoms with Crippen LogP contribution in [0, 0.1) is 0 Å². The van der Waals surface area contributed by atoms with Crippen molar-refractivity contribution in [1.82, 2.24) is 4.90 Å². The zero-order chi connectivity index (χ0) is 19.6. The average molecular weight is 367 g/mol. The minimum Gasteiger partial charge on any atom is -0.497 e. The van der Waals surface area contributed by atoms with Crippen LogP contribution in [-0.2, 0) is 9.59 Å². The molecule has 3 amide bonds. The summed E-state index contributed by atoms with van der Waals surface area (Å²) >= 11 is 0. The average Bonchev–Trinajstić information content (AvgIpc) is 2.95. The van der Waals surface area contributed by atoms with E-state index in [0.717, 1.165) is 0 Å². The van der Waals surface area contributed by atoms with E-state index in [2.05, 4.69) is 5.32 Å². The van der Waals surface area contributed by atoms with Gasteiger partial charge in [-0.3, -0.25) is 14.4 Å². The van der Waals surface area contributed by atoms with Crippen LogP contribution in [0.3, 0.4) is 0 Å². The van der Waals surface area contributed by atoms with Crippen molar-refractivity contribution in [3.8, 4) is 5.75 Å². The van der Waals surface area contributed by atoms with Crippen molar-refractivity contribution in [2.24, 2.45) is 0 Å². The van der Waals surface area contributed by atoms with Crippen LogP contribution in [0.25, 0.3) is 0 Å². The molecule has 0 radical (unpaired) electrons. The number of rotatable bonds is 5. The number of ether oxygens (including phenoxy) is 1. The highest BCUT2D eigenvalue weighted by Crippen LogP contribution is 2.26. The molecule has 0 bridgehead atoms. The van der Waals surface area contributed by atoms with E-state index in [9.17, 15) is 14.4 Å². The summed E-state index contributed by atoms with van der Waals surface area (Å²) in [5, 5.41) is 3.08. The normalized spacial score (nSPS) is 16.4. The van der Waals surface area contributed by atoms with Gasteiger partial charge in [0.2, 0.25) is 5.91 Å². The van der Waals surface area contributed by atoms with E-state index in [0.29, 0.717) is 22.7 Å². The molecule has 0 saturated carbocycles. The van der Waals surface area contributed by atoms with E-state index in [4.69, 9.17) is 4.74 Å². The van der Waals surface area contributed by atoms with E-state index in [-0.39, 0.29) is 24.1 Å². The van der Waals surface area contributed by atoms with E-state index in [1.165, 1.54) is 9.80 Å². The predicted molar refractivity (Wildman–Crippen MR) is 102 cm³/mol. The van der Waals surface area contributed by atoms with Gasteiger partial charge in [-0.25, -0.2) is 4.90 Å². The lowest BCUT2D eigenvalue weighted by molar-refractivity contribution is -0.121. The molecule has 7 nitrogen and oxygen atoms in total. The molecule has 2 aromatic carbocycles. The van der Waals surface area contributed by atoms with Crippen molar-refractivity contribution < 1.29 is 19.1 Å². The third kappa shape index (κ3) is 3.76. The molecular weight excluding hydrogens is 346 g/mol. The molecule has 0 spiro atoms. The summed E-state index contributed by atoms with van der Waals surface area (Å²) in [6.07, 6.45) is 0.0727. The SMILES string of the molecule is COc1ccc(N2C(=O)C[C@@H](Nc3ccc(C(=O)N(C)C)cc3)C2=O)cc1. The van der Waals surface area contributed by atoms with E-state index < -0.39 is 6.04 Å². The zero-order valence-corrected chi connectivity index (χ0v) is 15.4. The summed E-state index contributed by atoms with van der Waals surface area (Å²) in [4.78, 5) is 39.6. The number of amides is 3. The van der Waals surface area contributed by atoms with Crippen LogP contribution >= 0.6 is 0 Å². The van der Waals surface area contributed by atoms with Crippen molar-refractivity contribution in [3.05, 3.63) is 54.1 Å². The molecule has 140 valence electrons. The minimum absolute atomic E-state index is 0.0727. The highest BCUT2D eigenvalue weighted by atomic mass is 16.5. The van der Waals surface area contributed by atoms with E-state index >= 15 is 0 Å². The Morgan fingerprint density at radius 3 is 2.26 bits per heavy atom. The second-order valence-corrected chi connectivity index (χ2v) is 6.44. The number of anilines is 2. The molecule has 0 aliphatic carbocycles. The number of hydrogen-bond donors (Lipinski definition) is 1. The molecule has 1 N–H and O–H groups in total. The van der Waals surface area contributed by atoms with E-state index in [1.54, 1.807) is 69.7 Å². The molecule has 1 aliphatic heterocycles. The smallest absolute Gasteiger partial charge is 0.256 e.